The van der Waals surface area contributed by atoms with Crippen LogP contribution in [-0.2, 0) is 4.79 Å². The van der Waals surface area contributed by atoms with Crippen LogP contribution in [0.2, 0.25) is 0 Å². The number of carbonyl (C=O) groups excluding carboxylic acids is 2. The van der Waals surface area contributed by atoms with E-state index in [1.807, 2.05) is 0 Å². The van der Waals surface area contributed by atoms with E-state index in [0.29, 0.717) is 6.54 Å². The highest BCUT2D eigenvalue weighted by Gasteiger charge is 2.06. The lowest BCUT2D eigenvalue weighted by molar-refractivity contribution is -0.117. The van der Waals surface area contributed by atoms with Gasteiger partial charge in [-0.25, -0.2) is 4.79 Å². The van der Waals surface area contributed by atoms with E-state index in [0.717, 1.165) is 4.90 Å². The zero-order valence-electron chi connectivity index (χ0n) is 9.40. The van der Waals surface area contributed by atoms with Crippen molar-refractivity contribution in [1.29, 1.82) is 0 Å². The van der Waals surface area contributed by atoms with Crippen LogP contribution in [0.5, 0.6) is 5.75 Å². The van der Waals surface area contributed by atoms with Gasteiger partial charge in [0.15, 0.2) is 0 Å². The molecule has 0 unspecified atom stereocenters. The van der Waals surface area contributed by atoms with E-state index in [9.17, 15) is 9.59 Å². The zero-order valence-corrected chi connectivity index (χ0v) is 10.2. The molecular formula is C11H14N2O3S. The lowest BCUT2D eigenvalue weighted by atomic mass is 10.3. The average Bonchev–Trinajstić information content (AvgIpc) is 2.28. The van der Waals surface area contributed by atoms with E-state index in [4.69, 9.17) is 5.11 Å². The van der Waals surface area contributed by atoms with Crippen LogP contribution in [0, 0.1) is 0 Å². The molecule has 0 aromatic heterocycles. The largest absolute Gasteiger partial charge is 0.508 e. The molecule has 0 aliphatic heterocycles. The fraction of sp³-hybridized carbons (Fsp3) is 0.273. The second kappa shape index (κ2) is 6.80. The summed E-state index contributed by atoms with van der Waals surface area (Å²) in [6, 6.07) is 6.02. The van der Waals surface area contributed by atoms with E-state index < -0.39 is 6.03 Å². The number of hydrogen-bond donors (Lipinski definition) is 3. The molecule has 0 spiro atoms. The van der Waals surface area contributed by atoms with Gasteiger partial charge in [-0.05, 0) is 31.2 Å². The molecule has 0 aliphatic carbocycles. The lowest BCUT2D eigenvalue weighted by Gasteiger charge is -2.04. The van der Waals surface area contributed by atoms with Crippen molar-refractivity contribution < 1.29 is 14.7 Å². The number of nitrogens with one attached hydrogen (secondary N) is 2. The minimum atomic E-state index is -0.483. The Kier molecular flexibility index (Phi) is 5.35. The van der Waals surface area contributed by atoms with Crippen LogP contribution in [0.1, 0.15) is 6.92 Å². The Morgan fingerprint density at radius 1 is 1.29 bits per heavy atom. The third kappa shape index (κ3) is 5.26. The van der Waals surface area contributed by atoms with E-state index in [2.05, 4.69) is 10.6 Å². The van der Waals surface area contributed by atoms with Crippen molar-refractivity contribution in [2.75, 3.05) is 12.3 Å². The summed E-state index contributed by atoms with van der Waals surface area (Å²) in [4.78, 5) is 23.2. The Balaban J connectivity index is 2.33. The molecule has 0 fully saturated rings. The highest BCUT2D eigenvalue weighted by Crippen LogP contribution is 2.20. The van der Waals surface area contributed by atoms with Crippen molar-refractivity contribution in [2.24, 2.45) is 0 Å². The molecule has 5 nitrogen and oxygen atoms in total. The fourth-order valence-corrected chi connectivity index (χ4v) is 1.76. The molecule has 3 amide bonds. The fourth-order valence-electron chi connectivity index (χ4n) is 1.06. The Labute approximate surface area is 104 Å². The average molecular weight is 254 g/mol. The predicted octanol–water partition coefficient (Wildman–Crippen LogP) is 1.33. The van der Waals surface area contributed by atoms with E-state index >= 15 is 0 Å². The molecule has 0 atom stereocenters. The summed E-state index contributed by atoms with van der Waals surface area (Å²) < 4.78 is 0. The summed E-state index contributed by atoms with van der Waals surface area (Å²) in [6.07, 6.45) is 0. The summed E-state index contributed by atoms with van der Waals surface area (Å²) in [6.45, 7) is 2.25. The van der Waals surface area contributed by atoms with E-state index in [-0.39, 0.29) is 17.4 Å². The molecule has 0 aliphatic rings. The number of aromatic hydroxyl groups is 1. The first-order valence-electron chi connectivity index (χ1n) is 5.11. The van der Waals surface area contributed by atoms with Crippen LogP contribution in [0.15, 0.2) is 29.2 Å². The van der Waals surface area contributed by atoms with Gasteiger partial charge in [-0.15, -0.1) is 11.8 Å². The third-order valence-corrected chi connectivity index (χ3v) is 2.81. The lowest BCUT2D eigenvalue weighted by Crippen LogP contribution is -2.40. The molecule has 0 saturated carbocycles. The van der Waals surface area contributed by atoms with Crippen LogP contribution in [0.25, 0.3) is 0 Å². The highest BCUT2D eigenvalue weighted by atomic mass is 32.2. The zero-order chi connectivity index (χ0) is 12.7. The van der Waals surface area contributed by atoms with Crippen molar-refractivity contribution in [1.82, 2.24) is 10.6 Å². The topological polar surface area (TPSA) is 78.4 Å². The quantitative estimate of drug-likeness (QED) is 0.708. The molecule has 1 aromatic rings. The monoisotopic (exact) mass is 254 g/mol. The maximum Gasteiger partial charge on any atom is 0.321 e. The van der Waals surface area contributed by atoms with Gasteiger partial charge in [0.05, 0.1) is 5.75 Å². The molecule has 1 rings (SSSR count). The van der Waals surface area contributed by atoms with Gasteiger partial charge in [-0.1, -0.05) is 0 Å². The van der Waals surface area contributed by atoms with E-state index in [1.54, 1.807) is 31.2 Å². The second-order valence-electron chi connectivity index (χ2n) is 3.19. The number of phenolic OH excluding ortho intramolecular Hbond substituents is 1. The Morgan fingerprint density at radius 2 is 1.94 bits per heavy atom. The molecule has 0 bridgehead atoms. The molecule has 0 heterocycles. The minimum Gasteiger partial charge on any atom is -0.508 e. The maximum atomic E-state index is 11.3. The second-order valence-corrected chi connectivity index (χ2v) is 4.24. The number of urea groups is 1. The van der Waals surface area contributed by atoms with E-state index in [1.165, 1.54) is 11.8 Å². The van der Waals surface area contributed by atoms with Gasteiger partial charge in [-0.3, -0.25) is 10.1 Å². The van der Waals surface area contributed by atoms with Crippen molar-refractivity contribution in [3.05, 3.63) is 24.3 Å². The van der Waals surface area contributed by atoms with Crippen LogP contribution in [0.4, 0.5) is 4.79 Å². The third-order valence-electron chi connectivity index (χ3n) is 1.80. The van der Waals surface area contributed by atoms with Crippen molar-refractivity contribution in [2.45, 2.75) is 11.8 Å². The van der Waals surface area contributed by atoms with Crippen LogP contribution < -0.4 is 10.6 Å². The number of phenols is 1. The molecule has 0 saturated heterocycles. The molecular weight excluding hydrogens is 240 g/mol. The minimum absolute atomic E-state index is 0.155. The predicted molar refractivity (Wildman–Crippen MR) is 66.0 cm³/mol. The van der Waals surface area contributed by atoms with Gasteiger partial charge in [-0.2, -0.15) is 0 Å². The highest BCUT2D eigenvalue weighted by molar-refractivity contribution is 8.00. The van der Waals surface area contributed by atoms with Crippen molar-refractivity contribution >= 4 is 23.7 Å². The van der Waals surface area contributed by atoms with Gasteiger partial charge in [0, 0.05) is 11.4 Å². The number of carbonyl (C=O) groups is 2. The number of benzene rings is 1. The van der Waals surface area contributed by atoms with Gasteiger partial charge < -0.3 is 10.4 Å². The Hall–Kier alpha value is -1.69. The molecule has 17 heavy (non-hydrogen) atoms. The van der Waals surface area contributed by atoms with Gasteiger partial charge >= 0.3 is 6.03 Å². The van der Waals surface area contributed by atoms with Crippen LogP contribution in [0.3, 0.4) is 0 Å². The Morgan fingerprint density at radius 3 is 2.53 bits per heavy atom. The van der Waals surface area contributed by atoms with Crippen molar-refractivity contribution in [3.8, 4) is 5.75 Å². The first-order valence-corrected chi connectivity index (χ1v) is 6.10. The van der Waals surface area contributed by atoms with Crippen molar-refractivity contribution in [3.63, 3.8) is 0 Å². The number of hydrogen-bond acceptors (Lipinski definition) is 4. The maximum absolute atomic E-state index is 11.3. The number of thioether (sulfide) groups is 1. The Bertz CT molecular complexity index is 392. The van der Waals surface area contributed by atoms with Crippen LogP contribution in [-0.4, -0.2) is 29.3 Å². The first-order chi connectivity index (χ1) is 8.11. The number of rotatable bonds is 4. The molecule has 92 valence electrons. The first kappa shape index (κ1) is 13.4. The van der Waals surface area contributed by atoms with Gasteiger partial charge in [0.1, 0.15) is 5.75 Å². The molecule has 0 radical (unpaired) electrons. The smallest absolute Gasteiger partial charge is 0.321 e. The van der Waals surface area contributed by atoms with Gasteiger partial charge in [0.25, 0.3) is 0 Å². The summed E-state index contributed by atoms with van der Waals surface area (Å²) in [5.74, 6) is -0.0165. The number of amides is 3. The van der Waals surface area contributed by atoms with Gasteiger partial charge in [0.2, 0.25) is 5.91 Å². The normalized spacial score (nSPS) is 9.71. The number of imide groups is 1. The molecule has 3 N–H and O–H groups in total. The van der Waals surface area contributed by atoms with Crippen LogP contribution >= 0.6 is 11.8 Å². The summed E-state index contributed by atoms with van der Waals surface area (Å²) in [5.41, 5.74) is 0. The summed E-state index contributed by atoms with van der Waals surface area (Å²) in [7, 11) is 0. The molecule has 6 heteroatoms. The molecule has 1 aromatic carbocycles. The summed E-state index contributed by atoms with van der Waals surface area (Å²) >= 11 is 1.29. The standard InChI is InChI=1S/C11H14N2O3S/c1-2-12-11(16)13-10(15)7-17-9-5-3-8(14)4-6-9/h3-6,14H,2,7H2,1H3,(H2,12,13,15,16). The summed E-state index contributed by atoms with van der Waals surface area (Å²) in [5, 5.41) is 13.7. The SMILES string of the molecule is CCNC(=O)NC(=O)CSc1ccc(O)cc1.